The Kier molecular flexibility index (Phi) is 74.3. The lowest BCUT2D eigenvalue weighted by atomic mass is 10.0. The van der Waals surface area contributed by atoms with Gasteiger partial charge in [0.15, 0.2) is 0 Å². The fraction of sp³-hybridized carbons (Fsp3) is 0.925. The predicted octanol–water partition coefficient (Wildman–Crippen LogP) is 26.0. The van der Waals surface area contributed by atoms with E-state index < -0.39 is 12.1 Å². The molecule has 1 amide bonds. The minimum Gasteiger partial charge on any atom is -0.466 e. The Balaban J connectivity index is 3.29. The van der Waals surface area contributed by atoms with Crippen LogP contribution in [0.2, 0.25) is 0 Å². The van der Waals surface area contributed by atoms with Crippen LogP contribution in [0.25, 0.3) is 0 Å². The van der Waals surface area contributed by atoms with Crippen LogP contribution in [0.3, 0.4) is 0 Å². The van der Waals surface area contributed by atoms with Gasteiger partial charge in [0.05, 0.1) is 25.4 Å². The van der Waals surface area contributed by atoms with Crippen molar-refractivity contribution in [3.63, 3.8) is 0 Å². The van der Waals surface area contributed by atoms with Crippen LogP contribution in [0.1, 0.15) is 450 Å². The number of hydrogen-bond acceptors (Lipinski definition) is 5. The van der Waals surface area contributed by atoms with Crippen LogP contribution >= 0.6 is 0 Å². The van der Waals surface area contributed by atoms with Gasteiger partial charge in [-0.15, -0.1) is 0 Å². The van der Waals surface area contributed by atoms with Crippen LogP contribution in [0.5, 0.6) is 0 Å². The fourth-order valence-electron chi connectivity index (χ4n) is 12.7. The number of carbonyl (C=O) groups excluding carboxylic acids is 2. The van der Waals surface area contributed by atoms with E-state index in [1.807, 2.05) is 6.08 Å². The van der Waals surface area contributed by atoms with Gasteiger partial charge < -0.3 is 20.3 Å². The third-order valence-corrected chi connectivity index (χ3v) is 18.7. The molecule has 2 atom stereocenters. The molecule has 510 valence electrons. The van der Waals surface area contributed by atoms with E-state index in [4.69, 9.17) is 4.74 Å². The third kappa shape index (κ3) is 71.4. The summed E-state index contributed by atoms with van der Waals surface area (Å²) in [6.07, 6.45) is 97.5. The number of aliphatic hydroxyl groups is 2. The van der Waals surface area contributed by atoms with Crippen molar-refractivity contribution in [2.45, 2.75) is 463 Å². The number of carbonyl (C=O) groups is 2. The predicted molar refractivity (Wildman–Crippen MR) is 380 cm³/mol. The summed E-state index contributed by atoms with van der Waals surface area (Å²) in [6, 6.07) is -0.622. The van der Waals surface area contributed by atoms with Crippen LogP contribution in [-0.4, -0.2) is 47.4 Å². The quantitative estimate of drug-likeness (QED) is 0.0320. The lowest BCUT2D eigenvalue weighted by Gasteiger charge is -2.20. The molecule has 0 radical (unpaired) electrons. The molecular formula is C80H155NO5. The minimum absolute atomic E-state index is 0.0173. The zero-order chi connectivity index (χ0) is 62.0. The Bertz CT molecular complexity index is 1350. The first-order chi connectivity index (χ1) is 42.5. The lowest BCUT2D eigenvalue weighted by Crippen LogP contribution is -2.45. The molecular weight excluding hydrogens is 1050 g/mol. The molecule has 0 aliphatic rings. The monoisotopic (exact) mass is 1210 g/mol. The largest absolute Gasteiger partial charge is 0.466 e. The molecule has 0 saturated carbocycles. The van der Waals surface area contributed by atoms with E-state index in [9.17, 15) is 19.8 Å². The van der Waals surface area contributed by atoms with E-state index in [0.717, 1.165) is 44.9 Å². The van der Waals surface area contributed by atoms with Crippen molar-refractivity contribution in [2.75, 3.05) is 13.2 Å². The molecule has 86 heavy (non-hydrogen) atoms. The number of unbranched alkanes of at least 4 members (excludes halogenated alkanes) is 62. The number of hydrogen-bond donors (Lipinski definition) is 3. The van der Waals surface area contributed by atoms with E-state index in [1.165, 1.54) is 379 Å². The second-order valence-corrected chi connectivity index (χ2v) is 27.4. The first-order valence-electron chi connectivity index (χ1n) is 39.6. The highest BCUT2D eigenvalue weighted by molar-refractivity contribution is 5.76. The van der Waals surface area contributed by atoms with Gasteiger partial charge in [-0.25, -0.2) is 0 Å². The molecule has 0 spiro atoms. The molecule has 0 aromatic rings. The van der Waals surface area contributed by atoms with E-state index in [0.29, 0.717) is 19.4 Å². The molecule has 6 heteroatoms. The van der Waals surface area contributed by atoms with Crippen LogP contribution in [0, 0.1) is 0 Å². The maximum atomic E-state index is 12.5. The molecule has 0 aliphatic heterocycles. The molecule has 0 aliphatic carbocycles. The number of amides is 1. The average Bonchev–Trinajstić information content (AvgIpc) is 3.51. The molecule has 0 aromatic heterocycles. The van der Waals surface area contributed by atoms with Crippen molar-refractivity contribution < 1.29 is 24.5 Å². The van der Waals surface area contributed by atoms with Gasteiger partial charge in [0, 0.05) is 12.8 Å². The van der Waals surface area contributed by atoms with E-state index in [2.05, 4.69) is 31.3 Å². The van der Waals surface area contributed by atoms with E-state index in [1.54, 1.807) is 6.08 Å². The Morgan fingerprint density at radius 1 is 0.314 bits per heavy atom. The van der Waals surface area contributed by atoms with E-state index in [-0.39, 0.29) is 18.5 Å². The minimum atomic E-state index is -0.839. The van der Waals surface area contributed by atoms with Crippen LogP contribution in [0.15, 0.2) is 24.3 Å². The molecule has 6 nitrogen and oxygen atoms in total. The lowest BCUT2D eigenvalue weighted by molar-refractivity contribution is -0.143. The second kappa shape index (κ2) is 75.8. The number of aliphatic hydroxyl groups excluding tert-OH is 2. The van der Waals surface area contributed by atoms with Crippen LogP contribution in [0.4, 0.5) is 0 Å². The number of allylic oxidation sites excluding steroid dienone is 3. The van der Waals surface area contributed by atoms with Crippen molar-refractivity contribution in [1.29, 1.82) is 0 Å². The van der Waals surface area contributed by atoms with Crippen molar-refractivity contribution in [1.82, 2.24) is 5.32 Å². The van der Waals surface area contributed by atoms with Gasteiger partial charge in [-0.05, 0) is 57.8 Å². The zero-order valence-corrected chi connectivity index (χ0v) is 58.6. The summed E-state index contributed by atoms with van der Waals surface area (Å²) >= 11 is 0. The molecule has 2 unspecified atom stereocenters. The summed E-state index contributed by atoms with van der Waals surface area (Å²) in [5.74, 6) is -0.0419. The highest BCUT2D eigenvalue weighted by Gasteiger charge is 2.18. The topological polar surface area (TPSA) is 95.9 Å². The van der Waals surface area contributed by atoms with Crippen molar-refractivity contribution >= 4 is 11.9 Å². The van der Waals surface area contributed by atoms with Gasteiger partial charge in [-0.3, -0.25) is 9.59 Å². The van der Waals surface area contributed by atoms with Gasteiger partial charge in [0.1, 0.15) is 0 Å². The summed E-state index contributed by atoms with van der Waals surface area (Å²) in [4.78, 5) is 24.6. The average molecular weight is 1210 g/mol. The SMILES string of the molecule is CCCCCCCCC/C=C\CCCCCCCC(=O)OCCCCCCCCCCCCCCCCCCCCCCCCCCCCCCCCCCCCCCCCCC(=O)NC(CO)C(O)/C=C/CCCCCCCCCCCCCC. The Hall–Kier alpha value is -1.66. The molecule has 0 aromatic carbocycles. The standard InChI is InChI=1S/C80H155NO5/c1-3-5-7-9-11-13-15-17-19-46-50-54-58-62-66-70-74-80(85)86-75-71-67-63-59-55-51-47-44-42-40-38-36-34-32-30-28-26-24-22-20-21-23-25-27-29-31-33-35-37-39-41-43-45-49-53-57-61-65-69-73-79(84)81-77(76-82)78(83)72-68-64-60-56-52-48-18-16-14-12-10-8-6-4-2/h19,46,68,72,77-78,82-83H,3-18,20-45,47-67,69-71,73-76H2,1-2H3,(H,81,84)/b46-19-,72-68+. The first-order valence-corrected chi connectivity index (χ1v) is 39.6. The van der Waals surface area contributed by atoms with Crippen molar-refractivity contribution in [2.24, 2.45) is 0 Å². The number of esters is 1. The second-order valence-electron chi connectivity index (χ2n) is 27.4. The summed E-state index contributed by atoms with van der Waals surface area (Å²) in [7, 11) is 0. The smallest absolute Gasteiger partial charge is 0.305 e. The molecule has 3 N–H and O–H groups in total. The van der Waals surface area contributed by atoms with Crippen LogP contribution in [-0.2, 0) is 14.3 Å². The summed E-state index contributed by atoms with van der Waals surface area (Å²) in [5.41, 5.74) is 0. The van der Waals surface area contributed by atoms with Gasteiger partial charge in [-0.1, -0.05) is 404 Å². The Labute approximate surface area is 539 Å². The molecule has 0 fully saturated rings. The number of rotatable bonds is 75. The number of ether oxygens (including phenoxy) is 1. The molecule has 0 heterocycles. The molecule has 0 saturated heterocycles. The summed E-state index contributed by atoms with van der Waals surface area (Å²) in [5, 5.41) is 23.2. The molecule has 0 rings (SSSR count). The highest BCUT2D eigenvalue weighted by atomic mass is 16.5. The Morgan fingerprint density at radius 2 is 0.547 bits per heavy atom. The van der Waals surface area contributed by atoms with Crippen molar-refractivity contribution in [3.05, 3.63) is 24.3 Å². The maximum Gasteiger partial charge on any atom is 0.305 e. The molecule has 0 bridgehead atoms. The zero-order valence-electron chi connectivity index (χ0n) is 58.6. The fourth-order valence-corrected chi connectivity index (χ4v) is 12.7. The Morgan fingerprint density at radius 3 is 0.826 bits per heavy atom. The van der Waals surface area contributed by atoms with Gasteiger partial charge >= 0.3 is 5.97 Å². The highest BCUT2D eigenvalue weighted by Crippen LogP contribution is 2.20. The van der Waals surface area contributed by atoms with E-state index >= 15 is 0 Å². The number of nitrogens with one attached hydrogen (secondary N) is 1. The summed E-state index contributed by atoms with van der Waals surface area (Å²) in [6.45, 7) is 4.94. The van der Waals surface area contributed by atoms with Gasteiger partial charge in [-0.2, -0.15) is 0 Å². The van der Waals surface area contributed by atoms with Crippen LogP contribution < -0.4 is 5.32 Å². The maximum absolute atomic E-state index is 12.5. The van der Waals surface area contributed by atoms with Gasteiger partial charge in [0.25, 0.3) is 0 Å². The normalized spacial score (nSPS) is 12.6. The third-order valence-electron chi connectivity index (χ3n) is 18.7. The first kappa shape index (κ1) is 84.3. The van der Waals surface area contributed by atoms with Crippen molar-refractivity contribution in [3.8, 4) is 0 Å². The summed E-state index contributed by atoms with van der Waals surface area (Å²) < 4.78 is 5.51. The van der Waals surface area contributed by atoms with Gasteiger partial charge in [0.2, 0.25) is 5.91 Å².